The van der Waals surface area contributed by atoms with Crippen LogP contribution in [0.5, 0.6) is 0 Å². The first-order valence-electron chi connectivity index (χ1n) is 6.78. The van der Waals surface area contributed by atoms with Crippen LogP contribution in [-0.2, 0) is 4.79 Å². The Labute approximate surface area is 126 Å². The average molecular weight is 304 g/mol. The van der Waals surface area contributed by atoms with Crippen molar-refractivity contribution in [2.45, 2.75) is 13.0 Å². The molecule has 0 aliphatic carbocycles. The molecule has 1 amide bonds. The van der Waals surface area contributed by atoms with Gasteiger partial charge in [0.1, 0.15) is 6.04 Å². The van der Waals surface area contributed by atoms with Crippen LogP contribution in [0.25, 0.3) is 10.9 Å². The summed E-state index contributed by atoms with van der Waals surface area (Å²) in [6.45, 7) is 2.32. The Kier molecular flexibility index (Phi) is 3.63. The highest BCUT2D eigenvalue weighted by molar-refractivity contribution is 7.99. The molecule has 2 aromatic rings. The Bertz CT molecular complexity index is 710. The predicted octanol–water partition coefficient (Wildman–Crippen LogP) is 2.12. The van der Waals surface area contributed by atoms with Crippen LogP contribution in [0, 0.1) is 6.92 Å². The number of thioether (sulfide) groups is 1. The molecular formula is C15H16N2O3S. The normalized spacial score (nSPS) is 18.9. The van der Waals surface area contributed by atoms with Crippen LogP contribution in [0.3, 0.4) is 0 Å². The molecule has 0 radical (unpaired) electrons. The minimum absolute atomic E-state index is 0.197. The molecular weight excluding hydrogens is 288 g/mol. The van der Waals surface area contributed by atoms with E-state index in [4.69, 9.17) is 0 Å². The van der Waals surface area contributed by atoms with Crippen molar-refractivity contribution in [1.82, 2.24) is 9.88 Å². The second-order valence-corrected chi connectivity index (χ2v) is 6.25. The molecule has 1 aliphatic rings. The zero-order valence-electron chi connectivity index (χ0n) is 11.6. The van der Waals surface area contributed by atoms with Gasteiger partial charge in [0.2, 0.25) is 0 Å². The van der Waals surface area contributed by atoms with Gasteiger partial charge in [0.15, 0.2) is 0 Å². The summed E-state index contributed by atoms with van der Waals surface area (Å²) in [7, 11) is 0. The van der Waals surface area contributed by atoms with Crippen LogP contribution in [0.2, 0.25) is 0 Å². The Morgan fingerprint density at radius 2 is 2.14 bits per heavy atom. The summed E-state index contributed by atoms with van der Waals surface area (Å²) < 4.78 is 0. The maximum Gasteiger partial charge on any atom is 0.327 e. The first kappa shape index (κ1) is 14.0. The summed E-state index contributed by atoms with van der Waals surface area (Å²) >= 11 is 1.58. The average Bonchev–Trinajstić information content (AvgIpc) is 2.82. The third-order valence-corrected chi connectivity index (χ3v) is 4.80. The van der Waals surface area contributed by atoms with Crippen molar-refractivity contribution in [3.05, 3.63) is 35.5 Å². The Morgan fingerprint density at radius 1 is 1.38 bits per heavy atom. The van der Waals surface area contributed by atoms with Gasteiger partial charge in [0, 0.05) is 34.6 Å². The van der Waals surface area contributed by atoms with Gasteiger partial charge in [0.05, 0.1) is 5.56 Å². The van der Waals surface area contributed by atoms with Gasteiger partial charge in [0.25, 0.3) is 5.91 Å². The number of nitrogens with zero attached hydrogens (tertiary/aromatic N) is 1. The van der Waals surface area contributed by atoms with Gasteiger partial charge < -0.3 is 15.0 Å². The Hall–Kier alpha value is -1.95. The molecule has 1 unspecified atom stereocenters. The molecule has 6 heteroatoms. The van der Waals surface area contributed by atoms with Crippen molar-refractivity contribution >= 4 is 34.5 Å². The Balaban J connectivity index is 2.03. The predicted molar refractivity (Wildman–Crippen MR) is 82.8 cm³/mol. The standard InChI is InChI=1S/C15H16N2O3S/c1-9-13(10-4-2-3-5-11(10)16-9)14(18)17-6-7-21-8-12(17)15(19)20/h2-5,12,16H,6-8H2,1H3,(H,19,20). The number of H-pyrrole nitrogens is 1. The fourth-order valence-corrected chi connectivity index (χ4v) is 3.79. The van der Waals surface area contributed by atoms with E-state index in [1.165, 1.54) is 4.90 Å². The molecule has 110 valence electrons. The number of nitrogens with one attached hydrogen (secondary N) is 1. The molecule has 3 rings (SSSR count). The molecule has 1 aliphatic heterocycles. The van der Waals surface area contributed by atoms with E-state index in [1.54, 1.807) is 11.8 Å². The van der Waals surface area contributed by atoms with Gasteiger partial charge in [-0.1, -0.05) is 18.2 Å². The van der Waals surface area contributed by atoms with E-state index in [0.29, 0.717) is 17.9 Å². The number of carbonyl (C=O) groups is 2. The lowest BCUT2D eigenvalue weighted by molar-refractivity contribution is -0.141. The monoisotopic (exact) mass is 304 g/mol. The van der Waals surface area contributed by atoms with E-state index in [-0.39, 0.29) is 5.91 Å². The quantitative estimate of drug-likeness (QED) is 0.891. The van der Waals surface area contributed by atoms with Crippen LogP contribution in [-0.4, -0.2) is 51.0 Å². The van der Waals surface area contributed by atoms with Crippen LogP contribution >= 0.6 is 11.8 Å². The third-order valence-electron chi connectivity index (χ3n) is 3.78. The molecule has 2 N–H and O–H groups in total. The first-order valence-corrected chi connectivity index (χ1v) is 7.94. The summed E-state index contributed by atoms with van der Waals surface area (Å²) in [4.78, 5) is 28.9. The summed E-state index contributed by atoms with van der Waals surface area (Å²) in [6, 6.07) is 6.85. The maximum atomic E-state index is 12.8. The number of para-hydroxylation sites is 1. The van der Waals surface area contributed by atoms with Crippen molar-refractivity contribution in [2.75, 3.05) is 18.1 Å². The van der Waals surface area contributed by atoms with E-state index in [2.05, 4.69) is 4.98 Å². The number of amides is 1. The number of hydrogen-bond donors (Lipinski definition) is 2. The van der Waals surface area contributed by atoms with Crippen molar-refractivity contribution < 1.29 is 14.7 Å². The van der Waals surface area contributed by atoms with Crippen molar-refractivity contribution in [1.29, 1.82) is 0 Å². The van der Waals surface area contributed by atoms with E-state index >= 15 is 0 Å². The number of aromatic amines is 1. The number of hydrogen-bond acceptors (Lipinski definition) is 3. The topological polar surface area (TPSA) is 73.4 Å². The number of fused-ring (bicyclic) bond motifs is 1. The van der Waals surface area contributed by atoms with Gasteiger partial charge in [-0.25, -0.2) is 4.79 Å². The highest BCUT2D eigenvalue weighted by Crippen LogP contribution is 2.26. The fraction of sp³-hybridized carbons (Fsp3) is 0.333. The van der Waals surface area contributed by atoms with Gasteiger partial charge in [-0.3, -0.25) is 4.79 Å². The van der Waals surface area contributed by atoms with Crippen LogP contribution < -0.4 is 0 Å². The summed E-state index contributed by atoms with van der Waals surface area (Å²) in [5.41, 5.74) is 2.27. The summed E-state index contributed by atoms with van der Waals surface area (Å²) in [5, 5.41) is 10.2. The van der Waals surface area contributed by atoms with Crippen molar-refractivity contribution in [3.8, 4) is 0 Å². The van der Waals surface area contributed by atoms with Gasteiger partial charge in [-0.15, -0.1) is 0 Å². The number of carboxylic acid groups (broad SMARTS) is 1. The maximum absolute atomic E-state index is 12.8. The number of aryl methyl sites for hydroxylation is 1. The van der Waals surface area contributed by atoms with Gasteiger partial charge >= 0.3 is 5.97 Å². The van der Waals surface area contributed by atoms with E-state index in [9.17, 15) is 14.7 Å². The molecule has 0 bridgehead atoms. The molecule has 1 aromatic heterocycles. The Morgan fingerprint density at radius 3 is 2.90 bits per heavy atom. The first-order chi connectivity index (χ1) is 10.1. The molecule has 5 nitrogen and oxygen atoms in total. The smallest absolute Gasteiger partial charge is 0.327 e. The molecule has 1 saturated heterocycles. The molecule has 1 fully saturated rings. The minimum Gasteiger partial charge on any atom is -0.480 e. The number of carbonyl (C=O) groups excluding carboxylic acids is 1. The SMILES string of the molecule is Cc1[nH]c2ccccc2c1C(=O)N1CCSCC1C(=O)O. The van der Waals surface area contributed by atoms with Crippen LogP contribution in [0.4, 0.5) is 0 Å². The van der Waals surface area contributed by atoms with E-state index in [1.807, 2.05) is 31.2 Å². The van der Waals surface area contributed by atoms with E-state index in [0.717, 1.165) is 22.3 Å². The minimum atomic E-state index is -0.937. The zero-order valence-corrected chi connectivity index (χ0v) is 12.4. The summed E-state index contributed by atoms with van der Waals surface area (Å²) in [5.74, 6) is 0.0880. The zero-order chi connectivity index (χ0) is 15.0. The molecule has 0 saturated carbocycles. The number of aromatic nitrogens is 1. The second kappa shape index (κ2) is 5.44. The molecule has 1 aromatic carbocycles. The lowest BCUT2D eigenvalue weighted by Gasteiger charge is -2.32. The lowest BCUT2D eigenvalue weighted by atomic mass is 10.1. The highest BCUT2D eigenvalue weighted by Gasteiger charge is 2.34. The van der Waals surface area contributed by atoms with E-state index < -0.39 is 12.0 Å². The fourth-order valence-electron chi connectivity index (χ4n) is 2.75. The second-order valence-electron chi connectivity index (χ2n) is 5.10. The molecule has 1 atom stereocenters. The molecule has 0 spiro atoms. The van der Waals surface area contributed by atoms with Crippen LogP contribution in [0.15, 0.2) is 24.3 Å². The summed E-state index contributed by atoms with van der Waals surface area (Å²) in [6.07, 6.45) is 0. The highest BCUT2D eigenvalue weighted by atomic mass is 32.2. The number of benzene rings is 1. The molecule has 2 heterocycles. The third kappa shape index (κ3) is 2.40. The molecule has 21 heavy (non-hydrogen) atoms. The van der Waals surface area contributed by atoms with Gasteiger partial charge in [-0.05, 0) is 13.0 Å². The van der Waals surface area contributed by atoms with Crippen LogP contribution in [0.1, 0.15) is 16.1 Å². The lowest BCUT2D eigenvalue weighted by Crippen LogP contribution is -2.50. The number of carboxylic acids is 1. The van der Waals surface area contributed by atoms with Crippen molar-refractivity contribution in [2.24, 2.45) is 0 Å². The number of rotatable bonds is 2. The largest absolute Gasteiger partial charge is 0.480 e. The van der Waals surface area contributed by atoms with Gasteiger partial charge in [-0.2, -0.15) is 11.8 Å². The number of aliphatic carboxylic acids is 1. The van der Waals surface area contributed by atoms with Crippen molar-refractivity contribution in [3.63, 3.8) is 0 Å².